The number of hydrogen-bond donors (Lipinski definition) is 1. The number of ether oxygens (including phenoxy) is 1. The van der Waals surface area contributed by atoms with E-state index in [0.29, 0.717) is 17.7 Å². The molecule has 0 saturated heterocycles. The minimum atomic E-state index is -0.577. The van der Waals surface area contributed by atoms with Crippen molar-refractivity contribution in [3.05, 3.63) is 63.4 Å². The zero-order valence-electron chi connectivity index (χ0n) is 10.9. The molecule has 0 spiro atoms. The molecule has 0 aromatic heterocycles. The van der Waals surface area contributed by atoms with Gasteiger partial charge in [-0.2, -0.15) is 0 Å². The van der Waals surface area contributed by atoms with Gasteiger partial charge in [0.05, 0.1) is 6.10 Å². The lowest BCUT2D eigenvalue weighted by Crippen LogP contribution is -2.19. The quantitative estimate of drug-likeness (QED) is 0.833. The minimum Gasteiger partial charge on any atom is -0.485 e. The maximum absolute atomic E-state index is 13.3. The van der Waals surface area contributed by atoms with Crippen LogP contribution in [-0.4, -0.2) is 5.11 Å². The van der Waals surface area contributed by atoms with Crippen molar-refractivity contribution in [1.29, 1.82) is 0 Å². The number of aryl methyl sites for hydroxylation is 1. The van der Waals surface area contributed by atoms with Gasteiger partial charge in [-0.1, -0.05) is 22.0 Å². The van der Waals surface area contributed by atoms with E-state index in [1.54, 1.807) is 19.1 Å². The lowest BCUT2D eigenvalue weighted by Gasteiger charge is -2.30. The highest BCUT2D eigenvalue weighted by Gasteiger charge is 2.28. The summed E-state index contributed by atoms with van der Waals surface area (Å²) in [6.07, 6.45) is -0.362. The van der Waals surface area contributed by atoms with E-state index < -0.39 is 6.10 Å². The minimum absolute atomic E-state index is 0.227. The average molecular weight is 337 g/mol. The molecule has 0 saturated carbocycles. The molecule has 2 nitrogen and oxygen atoms in total. The van der Waals surface area contributed by atoms with Crippen molar-refractivity contribution in [2.75, 3.05) is 0 Å². The van der Waals surface area contributed by atoms with Crippen LogP contribution in [-0.2, 0) is 0 Å². The Morgan fingerprint density at radius 1 is 1.25 bits per heavy atom. The summed E-state index contributed by atoms with van der Waals surface area (Å²) in [4.78, 5) is 0. The molecule has 0 radical (unpaired) electrons. The zero-order chi connectivity index (χ0) is 14.3. The first-order valence-corrected chi connectivity index (χ1v) is 7.24. The lowest BCUT2D eigenvalue weighted by atomic mass is 9.94. The van der Waals surface area contributed by atoms with E-state index in [-0.39, 0.29) is 11.9 Å². The van der Waals surface area contributed by atoms with Crippen LogP contribution in [0.3, 0.4) is 0 Å². The fourth-order valence-corrected chi connectivity index (χ4v) is 2.87. The normalized spacial score (nSPS) is 21.2. The van der Waals surface area contributed by atoms with E-state index >= 15 is 0 Å². The van der Waals surface area contributed by atoms with E-state index in [2.05, 4.69) is 15.9 Å². The van der Waals surface area contributed by atoms with Gasteiger partial charge in [-0.3, -0.25) is 0 Å². The van der Waals surface area contributed by atoms with E-state index in [0.717, 1.165) is 15.6 Å². The Bertz CT molecular complexity index is 657. The van der Waals surface area contributed by atoms with Crippen LogP contribution in [0, 0.1) is 12.7 Å². The third-order valence-electron chi connectivity index (χ3n) is 3.59. The fourth-order valence-electron chi connectivity index (χ4n) is 2.49. The summed E-state index contributed by atoms with van der Waals surface area (Å²) in [6.45, 7) is 1.73. The van der Waals surface area contributed by atoms with Gasteiger partial charge in [0.25, 0.3) is 0 Å². The molecular weight excluding hydrogens is 323 g/mol. The zero-order valence-corrected chi connectivity index (χ0v) is 12.5. The van der Waals surface area contributed by atoms with Gasteiger partial charge in [-0.15, -0.1) is 0 Å². The van der Waals surface area contributed by atoms with Crippen LogP contribution in [0.1, 0.15) is 35.3 Å². The maximum atomic E-state index is 13.3. The summed E-state index contributed by atoms with van der Waals surface area (Å²) < 4.78 is 20.2. The Labute approximate surface area is 125 Å². The number of halogens is 2. The van der Waals surface area contributed by atoms with Gasteiger partial charge in [0.2, 0.25) is 0 Å². The molecule has 0 aliphatic carbocycles. The van der Waals surface area contributed by atoms with Gasteiger partial charge in [0.15, 0.2) is 0 Å². The second-order valence-electron chi connectivity index (χ2n) is 5.05. The summed E-state index contributed by atoms with van der Waals surface area (Å²) in [6, 6.07) is 10.5. The van der Waals surface area contributed by atoms with Crippen molar-refractivity contribution >= 4 is 15.9 Å². The molecule has 1 aliphatic rings. The topological polar surface area (TPSA) is 29.5 Å². The maximum Gasteiger partial charge on any atom is 0.127 e. The van der Waals surface area contributed by atoms with Crippen molar-refractivity contribution in [2.24, 2.45) is 0 Å². The van der Waals surface area contributed by atoms with Gasteiger partial charge in [-0.05, 0) is 48.4 Å². The van der Waals surface area contributed by atoms with Crippen LogP contribution in [0.4, 0.5) is 4.39 Å². The standard InChI is InChI=1S/C16H14BrFO2/c1-9-6-10(2-4-13(9)18)16-8-14(19)12-7-11(17)3-5-15(12)20-16/h2-7,14,16,19H,8H2,1H3. The molecule has 2 aromatic carbocycles. The molecule has 2 atom stereocenters. The number of hydrogen-bond acceptors (Lipinski definition) is 2. The van der Waals surface area contributed by atoms with Crippen molar-refractivity contribution < 1.29 is 14.2 Å². The van der Waals surface area contributed by atoms with E-state index in [4.69, 9.17) is 4.74 Å². The molecule has 104 valence electrons. The highest BCUT2D eigenvalue weighted by molar-refractivity contribution is 9.10. The van der Waals surface area contributed by atoms with Crippen molar-refractivity contribution in [3.8, 4) is 5.75 Å². The first-order chi connectivity index (χ1) is 9.54. The predicted octanol–water partition coefficient (Wildman–Crippen LogP) is 4.45. The number of aliphatic hydroxyl groups is 1. The highest BCUT2D eigenvalue weighted by atomic mass is 79.9. The van der Waals surface area contributed by atoms with Gasteiger partial charge < -0.3 is 9.84 Å². The molecule has 2 unspecified atom stereocenters. The third kappa shape index (κ3) is 2.45. The molecule has 1 aliphatic heterocycles. The summed E-state index contributed by atoms with van der Waals surface area (Å²) >= 11 is 3.39. The van der Waals surface area contributed by atoms with Gasteiger partial charge in [-0.25, -0.2) is 4.39 Å². The molecule has 0 bridgehead atoms. The van der Waals surface area contributed by atoms with Crippen molar-refractivity contribution in [3.63, 3.8) is 0 Å². The van der Waals surface area contributed by atoms with Gasteiger partial charge in [0.1, 0.15) is 17.7 Å². The van der Waals surface area contributed by atoms with Gasteiger partial charge in [0, 0.05) is 16.5 Å². The van der Waals surface area contributed by atoms with Crippen LogP contribution in [0.2, 0.25) is 0 Å². The summed E-state index contributed by atoms with van der Waals surface area (Å²) in [5, 5.41) is 10.3. The molecule has 2 aromatic rings. The summed E-state index contributed by atoms with van der Waals surface area (Å²) in [5.41, 5.74) is 2.26. The molecule has 0 amide bonds. The molecule has 1 heterocycles. The SMILES string of the molecule is Cc1cc(C2CC(O)c3cc(Br)ccc3O2)ccc1F. The average Bonchev–Trinajstić information content (AvgIpc) is 2.42. The second kappa shape index (κ2) is 5.19. The summed E-state index contributed by atoms with van der Waals surface area (Å²) in [5.74, 6) is 0.452. The van der Waals surface area contributed by atoms with Crippen LogP contribution in [0.25, 0.3) is 0 Å². The molecule has 0 fully saturated rings. The largest absolute Gasteiger partial charge is 0.485 e. The number of fused-ring (bicyclic) bond motifs is 1. The number of aliphatic hydroxyl groups excluding tert-OH is 1. The van der Waals surface area contributed by atoms with E-state index in [1.807, 2.05) is 18.2 Å². The Morgan fingerprint density at radius 3 is 2.80 bits per heavy atom. The Balaban J connectivity index is 1.94. The molecule has 4 heteroatoms. The lowest BCUT2D eigenvalue weighted by molar-refractivity contribution is 0.0656. The molecule has 1 N–H and O–H groups in total. The Kier molecular flexibility index (Phi) is 3.52. The summed E-state index contributed by atoms with van der Waals surface area (Å²) in [7, 11) is 0. The second-order valence-corrected chi connectivity index (χ2v) is 5.96. The monoisotopic (exact) mass is 336 g/mol. The smallest absolute Gasteiger partial charge is 0.127 e. The number of rotatable bonds is 1. The Hall–Kier alpha value is -1.39. The van der Waals surface area contributed by atoms with Crippen LogP contribution in [0.5, 0.6) is 5.75 Å². The predicted molar refractivity (Wildman–Crippen MR) is 78.2 cm³/mol. The van der Waals surface area contributed by atoms with Crippen LogP contribution < -0.4 is 4.74 Å². The first-order valence-electron chi connectivity index (χ1n) is 6.45. The number of benzene rings is 2. The molecule has 3 rings (SSSR count). The van der Waals surface area contributed by atoms with Crippen LogP contribution in [0.15, 0.2) is 40.9 Å². The highest BCUT2D eigenvalue weighted by Crippen LogP contribution is 2.41. The third-order valence-corrected chi connectivity index (χ3v) is 4.08. The molecule has 20 heavy (non-hydrogen) atoms. The van der Waals surface area contributed by atoms with Gasteiger partial charge >= 0.3 is 0 Å². The first kappa shape index (κ1) is 13.6. The van der Waals surface area contributed by atoms with E-state index in [9.17, 15) is 9.50 Å². The van der Waals surface area contributed by atoms with E-state index in [1.165, 1.54) is 6.07 Å². The molecular formula is C16H14BrFO2. The van der Waals surface area contributed by atoms with Crippen molar-refractivity contribution in [2.45, 2.75) is 25.6 Å². The fraction of sp³-hybridized carbons (Fsp3) is 0.250. The van der Waals surface area contributed by atoms with Crippen molar-refractivity contribution in [1.82, 2.24) is 0 Å². The van der Waals surface area contributed by atoms with Crippen LogP contribution >= 0.6 is 15.9 Å². The Morgan fingerprint density at radius 2 is 2.05 bits per heavy atom.